The number of rotatable bonds is 5. The maximum atomic E-state index is 5.60. The Kier molecular flexibility index (Phi) is 6.37. The van der Waals surface area contributed by atoms with Gasteiger partial charge in [0.2, 0.25) is 0 Å². The number of ether oxygens (including phenoxy) is 1. The van der Waals surface area contributed by atoms with Gasteiger partial charge in [0.25, 0.3) is 0 Å². The number of hydrogen-bond donors (Lipinski definition) is 1. The first-order chi connectivity index (χ1) is 10.0. The molecule has 0 aliphatic heterocycles. The zero-order valence-electron chi connectivity index (χ0n) is 11.8. The zero-order chi connectivity index (χ0) is 15.4. The van der Waals surface area contributed by atoms with Crippen molar-refractivity contribution >= 4 is 60.1 Å². The summed E-state index contributed by atoms with van der Waals surface area (Å²) in [5.41, 5.74) is 3.61. The van der Waals surface area contributed by atoms with Crippen molar-refractivity contribution in [2.24, 2.45) is 0 Å². The lowest BCUT2D eigenvalue weighted by molar-refractivity contribution is 0.336. The fourth-order valence-corrected chi connectivity index (χ4v) is 4.18. The second-order valence-electron chi connectivity index (χ2n) is 4.63. The van der Waals surface area contributed by atoms with Crippen LogP contribution in [-0.4, -0.2) is 6.61 Å². The van der Waals surface area contributed by atoms with Gasteiger partial charge in [-0.3, -0.25) is 0 Å². The summed E-state index contributed by atoms with van der Waals surface area (Å²) in [5, 5.41) is 3.48. The summed E-state index contributed by atoms with van der Waals surface area (Å²) in [6.45, 7) is 5.52. The minimum absolute atomic E-state index is 0.649. The maximum Gasteiger partial charge on any atom is 0.147 e. The predicted molar refractivity (Wildman–Crippen MR) is 104 cm³/mol. The van der Waals surface area contributed by atoms with Crippen molar-refractivity contribution in [1.82, 2.24) is 0 Å². The minimum Gasteiger partial charge on any atom is -0.492 e. The molecule has 0 saturated heterocycles. The first kappa shape index (κ1) is 17.1. The minimum atomic E-state index is 0.649. The summed E-state index contributed by atoms with van der Waals surface area (Å²) < 4.78 is 8.79. The molecule has 0 radical (unpaired) electrons. The van der Waals surface area contributed by atoms with E-state index in [9.17, 15) is 0 Å². The van der Waals surface area contributed by atoms with Gasteiger partial charge in [0.05, 0.1) is 15.6 Å². The molecule has 1 N–H and O–H groups in total. The van der Waals surface area contributed by atoms with Crippen LogP contribution >= 0.6 is 54.5 Å². The van der Waals surface area contributed by atoms with E-state index in [1.165, 1.54) is 14.7 Å². The van der Waals surface area contributed by atoms with Crippen molar-refractivity contribution in [3.05, 3.63) is 54.0 Å². The molecule has 0 amide bonds. The van der Waals surface area contributed by atoms with Gasteiger partial charge in [0, 0.05) is 15.8 Å². The molecule has 2 aromatic carbocycles. The third-order valence-corrected chi connectivity index (χ3v) is 4.87. The molecule has 0 aliphatic carbocycles. The molecule has 112 valence electrons. The van der Waals surface area contributed by atoms with Crippen molar-refractivity contribution in [2.45, 2.75) is 20.4 Å². The molecule has 2 nitrogen and oxygen atoms in total. The molecule has 0 fully saturated rings. The molecule has 0 spiro atoms. The molecule has 0 heterocycles. The van der Waals surface area contributed by atoms with Crippen LogP contribution in [-0.2, 0) is 6.54 Å². The van der Waals surface area contributed by atoms with Crippen LogP contribution in [0.25, 0.3) is 0 Å². The van der Waals surface area contributed by atoms with E-state index in [1.807, 2.05) is 6.92 Å². The van der Waals surface area contributed by atoms with Gasteiger partial charge >= 0.3 is 0 Å². The van der Waals surface area contributed by atoms with Gasteiger partial charge in [0.15, 0.2) is 0 Å². The highest BCUT2D eigenvalue weighted by atomic mass is 127. The summed E-state index contributed by atoms with van der Waals surface area (Å²) in [7, 11) is 0. The fraction of sp³-hybridized carbons (Fsp3) is 0.250. The monoisotopic (exact) mass is 523 g/mol. The summed E-state index contributed by atoms with van der Waals surface area (Å²) in [4.78, 5) is 0. The van der Waals surface area contributed by atoms with E-state index < -0.39 is 0 Å². The molecule has 2 aromatic rings. The van der Waals surface area contributed by atoms with Gasteiger partial charge in [-0.2, -0.15) is 0 Å². The second-order valence-corrected chi connectivity index (χ2v) is 7.59. The normalized spacial score (nSPS) is 10.5. The Morgan fingerprint density at radius 3 is 2.38 bits per heavy atom. The first-order valence-electron chi connectivity index (χ1n) is 6.62. The number of nitrogens with one attached hydrogen (secondary N) is 1. The fourth-order valence-electron chi connectivity index (χ4n) is 2.02. The smallest absolute Gasteiger partial charge is 0.147 e. The third kappa shape index (κ3) is 4.60. The van der Waals surface area contributed by atoms with Gasteiger partial charge in [-0.25, -0.2) is 0 Å². The van der Waals surface area contributed by atoms with Crippen molar-refractivity contribution in [2.75, 3.05) is 11.9 Å². The predicted octanol–water partition coefficient (Wildman–Crippen LogP) is 6.14. The molecule has 0 bridgehead atoms. The van der Waals surface area contributed by atoms with Crippen molar-refractivity contribution in [3.8, 4) is 5.75 Å². The molecule has 2 rings (SSSR count). The standard InChI is InChI=1S/C16H16Br2INO/c1-3-21-16-13(17)7-11(8-14(16)18)9-20-15-5-4-12(19)6-10(15)2/h4-8,20H,3,9H2,1-2H3. The average molecular weight is 525 g/mol. The number of aryl methyl sites for hydroxylation is 1. The Hall–Kier alpha value is -0.270. The van der Waals surface area contributed by atoms with Gasteiger partial charge < -0.3 is 10.1 Å². The molecule has 21 heavy (non-hydrogen) atoms. The summed E-state index contributed by atoms with van der Waals surface area (Å²) in [6, 6.07) is 10.6. The Bertz CT molecular complexity index is 623. The van der Waals surface area contributed by atoms with E-state index in [4.69, 9.17) is 4.74 Å². The molecular formula is C16H16Br2INO. The average Bonchev–Trinajstić information content (AvgIpc) is 2.42. The van der Waals surface area contributed by atoms with E-state index in [0.29, 0.717) is 6.61 Å². The summed E-state index contributed by atoms with van der Waals surface area (Å²) in [6.07, 6.45) is 0. The summed E-state index contributed by atoms with van der Waals surface area (Å²) in [5.74, 6) is 0.853. The zero-order valence-corrected chi connectivity index (χ0v) is 17.2. The highest BCUT2D eigenvalue weighted by Gasteiger charge is 2.09. The van der Waals surface area contributed by atoms with Crippen LogP contribution in [0.2, 0.25) is 0 Å². The molecule has 0 aliphatic rings. The van der Waals surface area contributed by atoms with Gasteiger partial charge in [-0.1, -0.05) is 0 Å². The van der Waals surface area contributed by atoms with Crippen LogP contribution in [0.4, 0.5) is 5.69 Å². The van der Waals surface area contributed by atoms with E-state index in [-0.39, 0.29) is 0 Å². The highest BCUT2D eigenvalue weighted by molar-refractivity contribution is 14.1. The maximum absolute atomic E-state index is 5.60. The van der Waals surface area contributed by atoms with E-state index in [1.54, 1.807) is 0 Å². The van der Waals surface area contributed by atoms with Gasteiger partial charge in [0.1, 0.15) is 5.75 Å². The quantitative estimate of drug-likeness (QED) is 0.475. The summed E-state index contributed by atoms with van der Waals surface area (Å²) >= 11 is 9.46. The molecule has 5 heteroatoms. The molecular weight excluding hydrogens is 509 g/mol. The second kappa shape index (κ2) is 7.83. The number of benzene rings is 2. The van der Waals surface area contributed by atoms with Gasteiger partial charge in [-0.15, -0.1) is 0 Å². The number of anilines is 1. The van der Waals surface area contributed by atoms with Crippen LogP contribution in [0, 0.1) is 10.5 Å². The van der Waals surface area contributed by atoms with E-state index in [2.05, 4.69) is 97.0 Å². The van der Waals surface area contributed by atoms with E-state index >= 15 is 0 Å². The van der Waals surface area contributed by atoms with E-state index in [0.717, 1.165) is 26.9 Å². The largest absolute Gasteiger partial charge is 0.492 e. The Morgan fingerprint density at radius 2 is 1.81 bits per heavy atom. The topological polar surface area (TPSA) is 21.3 Å². The lowest BCUT2D eigenvalue weighted by Gasteiger charge is -2.13. The SMILES string of the molecule is CCOc1c(Br)cc(CNc2ccc(I)cc2C)cc1Br. The number of hydrogen-bond acceptors (Lipinski definition) is 2. The lowest BCUT2D eigenvalue weighted by Crippen LogP contribution is -2.02. The Labute approximate surface area is 156 Å². The van der Waals surface area contributed by atoms with Crippen LogP contribution in [0.1, 0.15) is 18.1 Å². The van der Waals surface area contributed by atoms with Crippen LogP contribution in [0.15, 0.2) is 39.3 Å². The molecule has 0 unspecified atom stereocenters. The third-order valence-electron chi connectivity index (χ3n) is 3.02. The molecule has 0 atom stereocenters. The highest BCUT2D eigenvalue weighted by Crippen LogP contribution is 2.35. The van der Waals surface area contributed by atoms with Crippen LogP contribution in [0.5, 0.6) is 5.75 Å². The first-order valence-corrected chi connectivity index (χ1v) is 9.28. The Morgan fingerprint density at radius 1 is 1.14 bits per heavy atom. The molecule has 0 aromatic heterocycles. The van der Waals surface area contributed by atoms with Crippen molar-refractivity contribution in [3.63, 3.8) is 0 Å². The number of halogens is 3. The van der Waals surface area contributed by atoms with Gasteiger partial charge in [-0.05, 0) is 110 Å². The van der Waals surface area contributed by atoms with Crippen molar-refractivity contribution in [1.29, 1.82) is 0 Å². The lowest BCUT2D eigenvalue weighted by atomic mass is 10.1. The Balaban J connectivity index is 2.13. The molecule has 0 saturated carbocycles. The van der Waals surface area contributed by atoms with Crippen LogP contribution < -0.4 is 10.1 Å². The van der Waals surface area contributed by atoms with Crippen molar-refractivity contribution < 1.29 is 4.74 Å². The van der Waals surface area contributed by atoms with Crippen LogP contribution in [0.3, 0.4) is 0 Å².